The van der Waals surface area contributed by atoms with E-state index in [9.17, 15) is 22.4 Å². The second-order valence-corrected chi connectivity index (χ2v) is 6.74. The number of nitrogens with one attached hydrogen (secondary N) is 2. The van der Waals surface area contributed by atoms with E-state index in [1.807, 2.05) is 11.0 Å². The van der Waals surface area contributed by atoms with Gasteiger partial charge in [0.05, 0.1) is 11.3 Å². The molecule has 0 unspecified atom stereocenters. The Morgan fingerprint density at radius 3 is 2.24 bits per heavy atom. The molecule has 2 aromatic carbocycles. The van der Waals surface area contributed by atoms with Gasteiger partial charge in [-0.25, -0.2) is 9.18 Å². The van der Waals surface area contributed by atoms with Crippen molar-refractivity contribution in [3.8, 4) is 0 Å². The van der Waals surface area contributed by atoms with Gasteiger partial charge in [0.1, 0.15) is 5.82 Å². The van der Waals surface area contributed by atoms with Crippen LogP contribution in [-0.4, -0.2) is 50.2 Å². The number of anilines is 2. The number of halogens is 4. The smallest absolute Gasteiger partial charge is 0.367 e. The van der Waals surface area contributed by atoms with Crippen molar-refractivity contribution in [2.24, 2.45) is 0 Å². The molecule has 0 spiro atoms. The molecule has 2 aromatic rings. The molecule has 1 aliphatic heterocycles. The van der Waals surface area contributed by atoms with Crippen LogP contribution < -0.4 is 15.5 Å². The fraction of sp³-hybridized carbons (Fsp3) is 0.350. The lowest BCUT2D eigenvalue weighted by atomic mass is 10.2. The molecule has 2 amide bonds. The summed E-state index contributed by atoms with van der Waals surface area (Å²) in [7, 11) is 0. The molecular formula is C20H22F4N4O. The molecule has 0 aliphatic carbocycles. The maximum atomic E-state index is 13.9. The number of benzene rings is 2. The second-order valence-electron chi connectivity index (χ2n) is 6.74. The highest BCUT2D eigenvalue weighted by Gasteiger charge is 2.30. The average Bonchev–Trinajstić information content (AvgIpc) is 2.69. The first-order valence-corrected chi connectivity index (χ1v) is 9.27. The second kappa shape index (κ2) is 9.13. The maximum absolute atomic E-state index is 13.9. The Bertz CT molecular complexity index is 818. The van der Waals surface area contributed by atoms with Crippen molar-refractivity contribution in [2.45, 2.75) is 6.18 Å². The lowest BCUT2D eigenvalue weighted by Crippen LogP contribution is -2.49. The zero-order chi connectivity index (χ0) is 20.9. The van der Waals surface area contributed by atoms with Crippen LogP contribution in [0.15, 0.2) is 48.5 Å². The summed E-state index contributed by atoms with van der Waals surface area (Å²) >= 11 is 0. The average molecular weight is 410 g/mol. The minimum Gasteiger partial charge on any atom is -0.367 e. The third-order valence-electron chi connectivity index (χ3n) is 4.75. The van der Waals surface area contributed by atoms with E-state index in [-0.39, 0.29) is 11.5 Å². The summed E-state index contributed by atoms with van der Waals surface area (Å²) in [6.45, 7) is 3.90. The predicted octanol–water partition coefficient (Wildman–Crippen LogP) is 3.79. The molecule has 2 N–H and O–H groups in total. The topological polar surface area (TPSA) is 47.6 Å². The zero-order valence-electron chi connectivity index (χ0n) is 15.7. The van der Waals surface area contributed by atoms with E-state index in [2.05, 4.69) is 15.5 Å². The van der Waals surface area contributed by atoms with Gasteiger partial charge in [-0.2, -0.15) is 13.2 Å². The molecule has 0 saturated carbocycles. The van der Waals surface area contributed by atoms with E-state index in [0.717, 1.165) is 25.2 Å². The van der Waals surface area contributed by atoms with Crippen molar-refractivity contribution in [1.29, 1.82) is 0 Å². The third kappa shape index (κ3) is 5.83. The molecule has 1 saturated heterocycles. The number of hydrogen-bond donors (Lipinski definition) is 2. The van der Waals surface area contributed by atoms with Crippen LogP contribution in [0.3, 0.4) is 0 Å². The number of carbonyl (C=O) groups is 1. The van der Waals surface area contributed by atoms with Crippen LogP contribution in [0.25, 0.3) is 0 Å². The lowest BCUT2D eigenvalue weighted by Gasteiger charge is -2.36. The monoisotopic (exact) mass is 410 g/mol. The number of hydrogen-bond acceptors (Lipinski definition) is 3. The van der Waals surface area contributed by atoms with Crippen LogP contribution in [0.2, 0.25) is 0 Å². The predicted molar refractivity (Wildman–Crippen MR) is 104 cm³/mol. The summed E-state index contributed by atoms with van der Waals surface area (Å²) in [6.07, 6.45) is -4.41. The molecule has 29 heavy (non-hydrogen) atoms. The maximum Gasteiger partial charge on any atom is 0.416 e. The quantitative estimate of drug-likeness (QED) is 0.738. The largest absolute Gasteiger partial charge is 0.416 e. The van der Waals surface area contributed by atoms with Crippen LogP contribution in [0.1, 0.15) is 5.56 Å². The van der Waals surface area contributed by atoms with Gasteiger partial charge in [0.2, 0.25) is 0 Å². The van der Waals surface area contributed by atoms with Gasteiger partial charge in [-0.05, 0) is 36.4 Å². The van der Waals surface area contributed by atoms with Crippen molar-refractivity contribution < 1.29 is 22.4 Å². The molecule has 1 fully saturated rings. The summed E-state index contributed by atoms with van der Waals surface area (Å²) in [4.78, 5) is 16.1. The number of alkyl halides is 3. The van der Waals surface area contributed by atoms with E-state index in [1.54, 1.807) is 12.1 Å². The van der Waals surface area contributed by atoms with Gasteiger partial charge >= 0.3 is 12.2 Å². The lowest BCUT2D eigenvalue weighted by molar-refractivity contribution is -0.137. The Morgan fingerprint density at radius 2 is 1.62 bits per heavy atom. The van der Waals surface area contributed by atoms with Gasteiger partial charge in [0.25, 0.3) is 0 Å². The fourth-order valence-corrected chi connectivity index (χ4v) is 3.17. The number of carbonyl (C=O) groups excluding carboxylic acids is 1. The molecule has 0 radical (unpaired) electrons. The van der Waals surface area contributed by atoms with Crippen molar-refractivity contribution in [3.63, 3.8) is 0 Å². The van der Waals surface area contributed by atoms with Crippen molar-refractivity contribution in [2.75, 3.05) is 49.5 Å². The number of para-hydroxylation sites is 1. The summed E-state index contributed by atoms with van der Waals surface area (Å²) in [6, 6.07) is 10.5. The number of amides is 2. The first-order chi connectivity index (χ1) is 13.8. The fourth-order valence-electron chi connectivity index (χ4n) is 3.17. The molecule has 156 valence electrons. The summed E-state index contributed by atoms with van der Waals surface area (Å²) in [5.41, 5.74) is 0.119. The first-order valence-electron chi connectivity index (χ1n) is 9.27. The molecule has 0 bridgehead atoms. The Morgan fingerprint density at radius 1 is 0.966 bits per heavy atom. The van der Waals surface area contributed by atoms with E-state index >= 15 is 0 Å². The first kappa shape index (κ1) is 20.9. The normalized spacial score (nSPS) is 15.2. The van der Waals surface area contributed by atoms with E-state index in [4.69, 9.17) is 0 Å². The minimum atomic E-state index is -4.41. The number of nitrogens with zero attached hydrogens (tertiary/aromatic N) is 2. The van der Waals surface area contributed by atoms with Crippen LogP contribution in [0.4, 0.5) is 33.7 Å². The van der Waals surface area contributed by atoms with Gasteiger partial charge < -0.3 is 15.5 Å². The van der Waals surface area contributed by atoms with Gasteiger partial charge in [0.15, 0.2) is 0 Å². The molecular weight excluding hydrogens is 388 g/mol. The Labute approximate surface area is 166 Å². The van der Waals surface area contributed by atoms with Crippen molar-refractivity contribution >= 4 is 17.4 Å². The van der Waals surface area contributed by atoms with Crippen molar-refractivity contribution in [3.05, 3.63) is 59.9 Å². The highest BCUT2D eigenvalue weighted by molar-refractivity contribution is 5.89. The minimum absolute atomic E-state index is 0.234. The summed E-state index contributed by atoms with van der Waals surface area (Å²) in [5.74, 6) is -0.234. The zero-order valence-corrected chi connectivity index (χ0v) is 15.7. The standard InChI is InChI=1S/C20H22F4N4O/c21-17-3-1-2-4-18(17)28-13-11-27(12-14-28)10-9-25-19(29)26-16-7-5-15(6-8-16)20(22,23)24/h1-8H,9-14H2,(H2,25,26,29). The Kier molecular flexibility index (Phi) is 6.58. The van der Waals surface area contributed by atoms with Crippen LogP contribution in [0.5, 0.6) is 0 Å². The molecule has 0 aromatic heterocycles. The van der Waals surface area contributed by atoms with Crippen LogP contribution in [-0.2, 0) is 6.18 Å². The van der Waals surface area contributed by atoms with Crippen LogP contribution >= 0.6 is 0 Å². The third-order valence-corrected chi connectivity index (χ3v) is 4.75. The SMILES string of the molecule is O=C(NCCN1CCN(c2ccccc2F)CC1)Nc1ccc(C(F)(F)F)cc1. The van der Waals surface area contributed by atoms with Gasteiger partial charge in [-0.15, -0.1) is 0 Å². The molecule has 3 rings (SSSR count). The Hall–Kier alpha value is -2.81. The van der Waals surface area contributed by atoms with E-state index in [1.165, 1.54) is 18.2 Å². The Balaban J connectivity index is 1.37. The summed E-state index contributed by atoms with van der Waals surface area (Å²) in [5, 5.41) is 5.20. The van der Waals surface area contributed by atoms with Gasteiger partial charge in [0, 0.05) is 45.0 Å². The van der Waals surface area contributed by atoms with Crippen LogP contribution in [0, 0.1) is 5.82 Å². The van der Waals surface area contributed by atoms with E-state index in [0.29, 0.717) is 31.9 Å². The van der Waals surface area contributed by atoms with Crippen molar-refractivity contribution in [1.82, 2.24) is 10.2 Å². The molecule has 9 heteroatoms. The number of piperazine rings is 1. The highest BCUT2D eigenvalue weighted by atomic mass is 19.4. The molecule has 1 aliphatic rings. The van der Waals surface area contributed by atoms with E-state index < -0.39 is 17.8 Å². The van der Waals surface area contributed by atoms with Gasteiger partial charge in [-0.1, -0.05) is 12.1 Å². The molecule has 0 atom stereocenters. The molecule has 1 heterocycles. The number of urea groups is 1. The van der Waals surface area contributed by atoms with Gasteiger partial charge in [-0.3, -0.25) is 4.90 Å². The number of rotatable bonds is 5. The highest BCUT2D eigenvalue weighted by Crippen LogP contribution is 2.29. The molecule has 5 nitrogen and oxygen atoms in total. The summed E-state index contributed by atoms with van der Waals surface area (Å²) < 4.78 is 51.5.